The van der Waals surface area contributed by atoms with Crippen LogP contribution in [-0.2, 0) is 9.47 Å². The number of benzene rings is 1. The van der Waals surface area contributed by atoms with Gasteiger partial charge < -0.3 is 24.4 Å². The number of esters is 1. The van der Waals surface area contributed by atoms with E-state index in [0.29, 0.717) is 42.6 Å². The number of morpholine rings is 1. The summed E-state index contributed by atoms with van der Waals surface area (Å²) in [4.78, 5) is 34.5. The van der Waals surface area contributed by atoms with Gasteiger partial charge in [-0.15, -0.1) is 0 Å². The van der Waals surface area contributed by atoms with Crippen LogP contribution < -0.4 is 15.0 Å². The van der Waals surface area contributed by atoms with Crippen molar-refractivity contribution in [2.45, 2.75) is 6.92 Å². The van der Waals surface area contributed by atoms with Gasteiger partial charge in [0.1, 0.15) is 18.2 Å². The van der Waals surface area contributed by atoms with E-state index in [0.717, 1.165) is 18.9 Å². The molecule has 1 saturated heterocycles. The SMILES string of the molecule is COC(=O)c1ccc(C(=O)NCCOc2cc(N3CCOCC3)nc(C)n2)cc1. The first-order valence-corrected chi connectivity index (χ1v) is 9.34. The molecule has 2 heterocycles. The van der Waals surface area contributed by atoms with Crippen LogP contribution in [0.5, 0.6) is 5.88 Å². The molecule has 0 atom stereocenters. The number of hydrogen-bond acceptors (Lipinski definition) is 8. The number of ether oxygens (including phenoxy) is 3. The number of rotatable bonds is 7. The van der Waals surface area contributed by atoms with E-state index >= 15 is 0 Å². The molecule has 0 radical (unpaired) electrons. The van der Waals surface area contributed by atoms with E-state index in [1.807, 2.05) is 6.92 Å². The Balaban J connectivity index is 1.49. The molecule has 9 heteroatoms. The lowest BCUT2D eigenvalue weighted by Crippen LogP contribution is -2.37. The maximum Gasteiger partial charge on any atom is 0.337 e. The van der Waals surface area contributed by atoms with Gasteiger partial charge in [-0.05, 0) is 31.2 Å². The van der Waals surface area contributed by atoms with Crippen molar-refractivity contribution in [3.63, 3.8) is 0 Å². The number of carbonyl (C=O) groups is 2. The van der Waals surface area contributed by atoms with Crippen molar-refractivity contribution < 1.29 is 23.8 Å². The van der Waals surface area contributed by atoms with Gasteiger partial charge in [0.2, 0.25) is 5.88 Å². The third-order valence-electron chi connectivity index (χ3n) is 4.34. The first-order valence-electron chi connectivity index (χ1n) is 9.34. The number of aromatic nitrogens is 2. The molecule has 0 saturated carbocycles. The Labute approximate surface area is 169 Å². The smallest absolute Gasteiger partial charge is 0.337 e. The minimum Gasteiger partial charge on any atom is -0.476 e. The number of anilines is 1. The number of carbonyl (C=O) groups excluding carboxylic acids is 2. The van der Waals surface area contributed by atoms with Crippen molar-refractivity contribution >= 4 is 17.7 Å². The molecule has 1 fully saturated rings. The van der Waals surface area contributed by atoms with Gasteiger partial charge in [-0.2, -0.15) is 4.98 Å². The standard InChI is InChI=1S/C20H24N4O5/c1-14-22-17(24-8-11-28-12-9-24)13-18(23-14)29-10-7-21-19(25)15-3-5-16(6-4-15)20(26)27-2/h3-6,13H,7-12H2,1-2H3,(H,21,25). The van der Waals surface area contributed by atoms with Crippen LogP contribution in [0.4, 0.5) is 5.82 Å². The lowest BCUT2D eigenvalue weighted by atomic mass is 10.1. The van der Waals surface area contributed by atoms with Crippen molar-refractivity contribution in [1.29, 1.82) is 0 Å². The highest BCUT2D eigenvalue weighted by molar-refractivity contribution is 5.96. The Morgan fingerprint density at radius 2 is 1.83 bits per heavy atom. The molecule has 154 valence electrons. The maximum atomic E-state index is 12.2. The van der Waals surface area contributed by atoms with Gasteiger partial charge in [0.05, 0.1) is 32.4 Å². The second-order valence-electron chi connectivity index (χ2n) is 6.38. The van der Waals surface area contributed by atoms with Crippen LogP contribution in [0, 0.1) is 6.92 Å². The molecule has 1 aromatic carbocycles. The van der Waals surface area contributed by atoms with Crippen molar-refractivity contribution in [3.8, 4) is 5.88 Å². The van der Waals surface area contributed by atoms with Gasteiger partial charge in [0.15, 0.2) is 0 Å². The van der Waals surface area contributed by atoms with Crippen LogP contribution in [0.25, 0.3) is 0 Å². The molecular weight excluding hydrogens is 376 g/mol. The van der Waals surface area contributed by atoms with Crippen molar-refractivity contribution in [1.82, 2.24) is 15.3 Å². The third-order valence-corrected chi connectivity index (χ3v) is 4.34. The molecule has 1 amide bonds. The predicted octanol–water partition coefficient (Wildman–Crippen LogP) is 1.22. The van der Waals surface area contributed by atoms with Gasteiger partial charge in [-0.25, -0.2) is 9.78 Å². The number of hydrogen-bond donors (Lipinski definition) is 1. The summed E-state index contributed by atoms with van der Waals surface area (Å²) in [6.07, 6.45) is 0. The van der Waals surface area contributed by atoms with Crippen molar-refractivity contribution in [2.24, 2.45) is 0 Å². The lowest BCUT2D eigenvalue weighted by molar-refractivity contribution is 0.0600. The van der Waals surface area contributed by atoms with E-state index in [9.17, 15) is 9.59 Å². The molecule has 9 nitrogen and oxygen atoms in total. The van der Waals surface area contributed by atoms with Gasteiger partial charge in [0.25, 0.3) is 5.91 Å². The number of aryl methyl sites for hydroxylation is 1. The van der Waals surface area contributed by atoms with Crippen LogP contribution in [-0.4, -0.2) is 68.4 Å². The highest BCUT2D eigenvalue weighted by Crippen LogP contribution is 2.18. The first-order chi connectivity index (χ1) is 14.1. The fraction of sp³-hybridized carbons (Fsp3) is 0.400. The largest absolute Gasteiger partial charge is 0.476 e. The topological polar surface area (TPSA) is 103 Å². The summed E-state index contributed by atoms with van der Waals surface area (Å²) in [5.41, 5.74) is 0.840. The number of methoxy groups -OCH3 is 1. The molecule has 0 aliphatic carbocycles. The van der Waals surface area contributed by atoms with E-state index < -0.39 is 5.97 Å². The second kappa shape index (κ2) is 9.83. The van der Waals surface area contributed by atoms with E-state index in [-0.39, 0.29) is 12.5 Å². The Hall–Kier alpha value is -3.20. The van der Waals surface area contributed by atoms with Gasteiger partial charge in [0, 0.05) is 24.7 Å². The summed E-state index contributed by atoms with van der Waals surface area (Å²) < 4.78 is 15.7. The average Bonchev–Trinajstić information content (AvgIpc) is 2.76. The van der Waals surface area contributed by atoms with Crippen LogP contribution in [0.1, 0.15) is 26.5 Å². The fourth-order valence-electron chi connectivity index (χ4n) is 2.85. The molecule has 0 bridgehead atoms. The molecule has 3 rings (SSSR count). The maximum absolute atomic E-state index is 12.2. The summed E-state index contributed by atoms with van der Waals surface area (Å²) in [7, 11) is 1.31. The predicted molar refractivity (Wildman–Crippen MR) is 105 cm³/mol. The summed E-state index contributed by atoms with van der Waals surface area (Å²) in [5, 5.41) is 2.77. The Morgan fingerprint density at radius 1 is 1.14 bits per heavy atom. The first kappa shape index (κ1) is 20.5. The highest BCUT2D eigenvalue weighted by Gasteiger charge is 2.15. The Morgan fingerprint density at radius 3 is 2.52 bits per heavy atom. The minimum atomic E-state index is -0.443. The van der Waals surface area contributed by atoms with Crippen LogP contribution in [0.3, 0.4) is 0 Å². The summed E-state index contributed by atoms with van der Waals surface area (Å²) in [6.45, 7) is 5.30. The summed E-state index contributed by atoms with van der Waals surface area (Å²) in [5.74, 6) is 1.21. The minimum absolute atomic E-state index is 0.252. The number of nitrogens with zero attached hydrogens (tertiary/aromatic N) is 3. The van der Waals surface area contributed by atoms with Crippen LogP contribution >= 0.6 is 0 Å². The number of nitrogens with one attached hydrogen (secondary N) is 1. The summed E-state index contributed by atoms with van der Waals surface area (Å²) in [6, 6.07) is 8.05. The molecule has 0 unspecified atom stereocenters. The second-order valence-corrected chi connectivity index (χ2v) is 6.38. The molecule has 2 aromatic rings. The molecule has 1 N–H and O–H groups in total. The zero-order chi connectivity index (χ0) is 20.6. The van der Waals surface area contributed by atoms with E-state index in [1.165, 1.54) is 7.11 Å². The zero-order valence-corrected chi connectivity index (χ0v) is 16.5. The average molecular weight is 400 g/mol. The van der Waals surface area contributed by atoms with Crippen LogP contribution in [0.15, 0.2) is 30.3 Å². The molecular formula is C20H24N4O5. The van der Waals surface area contributed by atoms with E-state index in [1.54, 1.807) is 30.3 Å². The molecule has 0 spiro atoms. The van der Waals surface area contributed by atoms with Gasteiger partial charge in [-0.1, -0.05) is 0 Å². The number of amides is 1. The Bertz CT molecular complexity index is 850. The van der Waals surface area contributed by atoms with Crippen molar-refractivity contribution in [2.75, 3.05) is 51.5 Å². The van der Waals surface area contributed by atoms with E-state index in [2.05, 4.69) is 24.9 Å². The molecule has 1 aliphatic heterocycles. The molecule has 1 aliphatic rings. The molecule has 1 aromatic heterocycles. The van der Waals surface area contributed by atoms with Gasteiger partial charge >= 0.3 is 5.97 Å². The molecule has 29 heavy (non-hydrogen) atoms. The summed E-state index contributed by atoms with van der Waals surface area (Å²) >= 11 is 0. The third kappa shape index (κ3) is 5.64. The normalized spacial score (nSPS) is 13.7. The van der Waals surface area contributed by atoms with Crippen LogP contribution in [0.2, 0.25) is 0 Å². The van der Waals surface area contributed by atoms with E-state index in [4.69, 9.17) is 9.47 Å². The Kier molecular flexibility index (Phi) is 6.96. The van der Waals surface area contributed by atoms with Gasteiger partial charge in [-0.3, -0.25) is 4.79 Å². The lowest BCUT2D eigenvalue weighted by Gasteiger charge is -2.28. The fourth-order valence-corrected chi connectivity index (χ4v) is 2.85. The zero-order valence-electron chi connectivity index (χ0n) is 16.5. The monoisotopic (exact) mass is 400 g/mol. The highest BCUT2D eigenvalue weighted by atomic mass is 16.5. The quantitative estimate of drug-likeness (QED) is 0.547. The van der Waals surface area contributed by atoms with Crippen molar-refractivity contribution in [3.05, 3.63) is 47.3 Å².